The number of pyridine rings is 1. The van der Waals surface area contributed by atoms with E-state index in [0.29, 0.717) is 25.0 Å². The average Bonchev–Trinajstić information content (AvgIpc) is 2.65. The van der Waals surface area contributed by atoms with E-state index in [0.717, 1.165) is 5.56 Å². The molecular weight excluding hydrogens is 190 g/mol. The number of aryl methyl sites for hydroxylation is 1. The van der Waals surface area contributed by atoms with Gasteiger partial charge < -0.3 is 0 Å². The first kappa shape index (κ1) is 10.0. The number of carbonyl (C=O) groups is 2. The van der Waals surface area contributed by atoms with Crippen molar-refractivity contribution in [1.82, 2.24) is 4.98 Å². The molecule has 2 rings (SSSR count). The summed E-state index contributed by atoms with van der Waals surface area (Å²) in [6.45, 7) is 1.93. The molecule has 0 radical (unpaired) electrons. The summed E-state index contributed by atoms with van der Waals surface area (Å²) in [6, 6.07) is 3.61. The highest BCUT2D eigenvalue weighted by Gasteiger charge is 2.29. The molecule has 0 amide bonds. The third kappa shape index (κ3) is 2.12. The van der Waals surface area contributed by atoms with Crippen LogP contribution in [0.2, 0.25) is 0 Å². The molecule has 1 aromatic rings. The number of hydrogen-bond acceptors (Lipinski definition) is 3. The molecule has 78 valence electrons. The van der Waals surface area contributed by atoms with Crippen LogP contribution in [0.4, 0.5) is 0 Å². The number of carbonyl (C=O) groups excluding carboxylic acids is 2. The Morgan fingerprint density at radius 2 is 2.27 bits per heavy atom. The summed E-state index contributed by atoms with van der Waals surface area (Å²) in [5.74, 6) is 0.0778. The normalized spacial score (nSPS) is 20.6. The third-order valence-corrected chi connectivity index (χ3v) is 2.78. The molecule has 1 heterocycles. The van der Waals surface area contributed by atoms with E-state index in [1.54, 1.807) is 12.3 Å². The summed E-state index contributed by atoms with van der Waals surface area (Å²) in [6.07, 6.45) is 3.31. The largest absolute Gasteiger partial charge is 0.300 e. The molecule has 1 unspecified atom stereocenters. The van der Waals surface area contributed by atoms with Gasteiger partial charge in [0.2, 0.25) is 0 Å². The number of Topliss-reactive ketones (excluding diaryl/α,β-unsaturated/α-hetero) is 2. The van der Waals surface area contributed by atoms with E-state index in [2.05, 4.69) is 4.98 Å². The smallest absolute Gasteiger partial charge is 0.184 e. The maximum atomic E-state index is 11.9. The van der Waals surface area contributed by atoms with E-state index < -0.39 is 0 Å². The number of ketones is 2. The van der Waals surface area contributed by atoms with E-state index in [4.69, 9.17) is 0 Å². The number of aromatic nitrogens is 1. The van der Waals surface area contributed by atoms with Crippen molar-refractivity contribution < 1.29 is 9.59 Å². The minimum Gasteiger partial charge on any atom is -0.300 e. The Bertz CT molecular complexity index is 395. The fourth-order valence-electron chi connectivity index (χ4n) is 1.86. The molecule has 1 aliphatic rings. The van der Waals surface area contributed by atoms with Crippen LogP contribution in [0.15, 0.2) is 18.3 Å². The quantitative estimate of drug-likeness (QED) is 0.690. The first-order valence-electron chi connectivity index (χ1n) is 5.15. The van der Waals surface area contributed by atoms with Crippen molar-refractivity contribution >= 4 is 11.6 Å². The van der Waals surface area contributed by atoms with Crippen molar-refractivity contribution in [2.75, 3.05) is 0 Å². The lowest BCUT2D eigenvalue weighted by molar-refractivity contribution is -0.117. The number of nitrogens with zero attached hydrogens (tertiary/aromatic N) is 1. The van der Waals surface area contributed by atoms with E-state index in [-0.39, 0.29) is 17.5 Å². The molecule has 0 saturated heterocycles. The molecular formula is C12H13NO2. The third-order valence-electron chi connectivity index (χ3n) is 2.78. The van der Waals surface area contributed by atoms with Crippen molar-refractivity contribution in [2.24, 2.45) is 5.92 Å². The van der Waals surface area contributed by atoms with Crippen LogP contribution in [-0.4, -0.2) is 16.6 Å². The van der Waals surface area contributed by atoms with Gasteiger partial charge in [-0.05, 0) is 25.0 Å². The molecule has 0 bridgehead atoms. The summed E-state index contributed by atoms with van der Waals surface area (Å²) in [5, 5.41) is 0. The fourth-order valence-corrected chi connectivity index (χ4v) is 1.86. The van der Waals surface area contributed by atoms with Crippen molar-refractivity contribution in [3.05, 3.63) is 29.6 Å². The molecule has 1 fully saturated rings. The zero-order valence-electron chi connectivity index (χ0n) is 8.69. The molecule has 0 N–H and O–H groups in total. The average molecular weight is 203 g/mol. The molecule has 3 heteroatoms. The molecule has 1 saturated carbocycles. The Hall–Kier alpha value is -1.51. The zero-order valence-corrected chi connectivity index (χ0v) is 8.69. The second-order valence-corrected chi connectivity index (χ2v) is 4.06. The monoisotopic (exact) mass is 203 g/mol. The second kappa shape index (κ2) is 3.93. The van der Waals surface area contributed by atoms with Gasteiger partial charge in [-0.25, -0.2) is 0 Å². The Balaban J connectivity index is 2.14. The lowest BCUT2D eigenvalue weighted by atomic mass is 9.99. The summed E-state index contributed by atoms with van der Waals surface area (Å²) >= 11 is 0. The van der Waals surface area contributed by atoms with Crippen molar-refractivity contribution in [3.63, 3.8) is 0 Å². The van der Waals surface area contributed by atoms with Gasteiger partial charge in [-0.1, -0.05) is 6.07 Å². The van der Waals surface area contributed by atoms with Crippen LogP contribution in [0.3, 0.4) is 0 Å². The highest BCUT2D eigenvalue weighted by atomic mass is 16.1. The standard InChI is InChI=1S/C12H13NO2/c1-8-2-5-11(13-7-8)12(15)9-3-4-10(14)6-9/h2,5,7,9H,3-4,6H2,1H3. The first-order valence-corrected chi connectivity index (χ1v) is 5.15. The van der Waals surface area contributed by atoms with Gasteiger partial charge in [0, 0.05) is 25.0 Å². The van der Waals surface area contributed by atoms with Gasteiger partial charge in [-0.2, -0.15) is 0 Å². The predicted octanol–water partition coefficient (Wildman–Crippen LogP) is 1.94. The van der Waals surface area contributed by atoms with Crippen LogP contribution in [-0.2, 0) is 4.79 Å². The molecule has 0 spiro atoms. The van der Waals surface area contributed by atoms with Gasteiger partial charge in [0.25, 0.3) is 0 Å². The van der Waals surface area contributed by atoms with Crippen LogP contribution in [0.1, 0.15) is 35.3 Å². The number of hydrogen-bond donors (Lipinski definition) is 0. The first-order chi connectivity index (χ1) is 7.16. The highest BCUT2D eigenvalue weighted by molar-refractivity contribution is 6.00. The lowest BCUT2D eigenvalue weighted by Crippen LogP contribution is -2.13. The SMILES string of the molecule is Cc1ccc(C(=O)C2CCC(=O)C2)nc1. The molecule has 1 aromatic heterocycles. The summed E-state index contributed by atoms with van der Waals surface area (Å²) in [4.78, 5) is 27.0. The molecule has 1 atom stereocenters. The predicted molar refractivity (Wildman–Crippen MR) is 55.7 cm³/mol. The fraction of sp³-hybridized carbons (Fsp3) is 0.417. The van der Waals surface area contributed by atoms with E-state index >= 15 is 0 Å². The van der Waals surface area contributed by atoms with Gasteiger partial charge in [0.15, 0.2) is 5.78 Å². The lowest BCUT2D eigenvalue weighted by Gasteiger charge is -2.05. The Morgan fingerprint density at radius 1 is 1.47 bits per heavy atom. The second-order valence-electron chi connectivity index (χ2n) is 4.06. The van der Waals surface area contributed by atoms with E-state index in [1.807, 2.05) is 13.0 Å². The molecule has 0 aliphatic heterocycles. The topological polar surface area (TPSA) is 47.0 Å². The molecule has 3 nitrogen and oxygen atoms in total. The van der Waals surface area contributed by atoms with Gasteiger partial charge in [-0.3, -0.25) is 14.6 Å². The van der Waals surface area contributed by atoms with Gasteiger partial charge in [-0.15, -0.1) is 0 Å². The molecule has 0 aromatic carbocycles. The Labute approximate surface area is 88.5 Å². The van der Waals surface area contributed by atoms with Crippen LogP contribution >= 0.6 is 0 Å². The van der Waals surface area contributed by atoms with Gasteiger partial charge in [0.1, 0.15) is 11.5 Å². The Kier molecular flexibility index (Phi) is 2.62. The van der Waals surface area contributed by atoms with Crippen LogP contribution in [0, 0.1) is 12.8 Å². The van der Waals surface area contributed by atoms with Crippen molar-refractivity contribution in [1.29, 1.82) is 0 Å². The maximum Gasteiger partial charge on any atom is 0.184 e. The van der Waals surface area contributed by atoms with Crippen LogP contribution < -0.4 is 0 Å². The van der Waals surface area contributed by atoms with Crippen LogP contribution in [0.25, 0.3) is 0 Å². The zero-order chi connectivity index (χ0) is 10.8. The van der Waals surface area contributed by atoms with Crippen LogP contribution in [0.5, 0.6) is 0 Å². The highest BCUT2D eigenvalue weighted by Crippen LogP contribution is 2.25. The minimum absolute atomic E-state index is 0.0147. The maximum absolute atomic E-state index is 11.9. The van der Waals surface area contributed by atoms with E-state index in [9.17, 15) is 9.59 Å². The van der Waals surface area contributed by atoms with Gasteiger partial charge in [0.05, 0.1) is 0 Å². The summed E-state index contributed by atoms with van der Waals surface area (Å²) < 4.78 is 0. The molecule has 1 aliphatic carbocycles. The number of rotatable bonds is 2. The van der Waals surface area contributed by atoms with E-state index in [1.165, 1.54) is 0 Å². The summed E-state index contributed by atoms with van der Waals surface area (Å²) in [7, 11) is 0. The van der Waals surface area contributed by atoms with Crippen molar-refractivity contribution in [2.45, 2.75) is 26.2 Å². The Morgan fingerprint density at radius 3 is 2.80 bits per heavy atom. The van der Waals surface area contributed by atoms with Gasteiger partial charge >= 0.3 is 0 Å². The molecule has 15 heavy (non-hydrogen) atoms. The minimum atomic E-state index is -0.132. The van der Waals surface area contributed by atoms with Crippen molar-refractivity contribution in [3.8, 4) is 0 Å². The summed E-state index contributed by atoms with van der Waals surface area (Å²) in [5.41, 5.74) is 1.52.